The Morgan fingerprint density at radius 3 is 2.71 bits per heavy atom. The number of aromatic nitrogens is 3. The Kier molecular flexibility index (Phi) is 5.44. The van der Waals surface area contributed by atoms with E-state index in [9.17, 15) is 5.11 Å². The van der Waals surface area contributed by atoms with Crippen LogP contribution in [0.2, 0.25) is 0 Å². The molecule has 6 nitrogen and oxygen atoms in total. The van der Waals surface area contributed by atoms with Crippen LogP contribution in [0.15, 0.2) is 40.4 Å². The summed E-state index contributed by atoms with van der Waals surface area (Å²) in [6.45, 7) is 3.78. The number of fused-ring (bicyclic) bond motifs is 1. The van der Waals surface area contributed by atoms with Crippen LogP contribution in [0.1, 0.15) is 43.5 Å². The van der Waals surface area contributed by atoms with Gasteiger partial charge in [0.15, 0.2) is 5.82 Å². The lowest BCUT2D eigenvalue weighted by Gasteiger charge is -2.42. The van der Waals surface area contributed by atoms with Crippen LogP contribution < -0.4 is 10.6 Å². The third-order valence-corrected chi connectivity index (χ3v) is 8.46. The second kappa shape index (κ2) is 8.11. The Labute approximate surface area is 187 Å². The first kappa shape index (κ1) is 20.8. The van der Waals surface area contributed by atoms with Crippen LogP contribution in [0.4, 0.5) is 5.82 Å². The largest absolute Gasteiger partial charge is 0.390 e. The SMILES string of the molecule is Cc1nc(N2CCC3(CCC[C@H]3N)CC2)c(CO)nc1Sc1cccc2ccn(C)c12. The van der Waals surface area contributed by atoms with E-state index in [1.807, 2.05) is 6.92 Å². The summed E-state index contributed by atoms with van der Waals surface area (Å²) < 4.78 is 2.14. The Hall–Kier alpha value is -2.09. The minimum atomic E-state index is -0.105. The lowest BCUT2D eigenvalue weighted by atomic mass is 9.74. The first-order valence-electron chi connectivity index (χ1n) is 11.2. The van der Waals surface area contributed by atoms with Crippen LogP contribution >= 0.6 is 11.8 Å². The normalized spacial score (nSPS) is 20.8. The van der Waals surface area contributed by atoms with Gasteiger partial charge in [0.2, 0.25) is 0 Å². The number of piperidine rings is 1. The van der Waals surface area contributed by atoms with Gasteiger partial charge >= 0.3 is 0 Å². The zero-order valence-corrected chi connectivity index (χ0v) is 19.2. The van der Waals surface area contributed by atoms with E-state index in [1.54, 1.807) is 11.8 Å². The smallest absolute Gasteiger partial charge is 0.153 e. The molecule has 1 aromatic carbocycles. The number of hydrogen-bond donors (Lipinski definition) is 2. The van der Waals surface area contributed by atoms with Gasteiger partial charge in [-0.3, -0.25) is 0 Å². The van der Waals surface area contributed by atoms with Crippen molar-refractivity contribution in [1.29, 1.82) is 0 Å². The van der Waals surface area contributed by atoms with E-state index in [1.165, 1.54) is 23.7 Å². The average Bonchev–Trinajstić information content (AvgIpc) is 3.33. The second-order valence-corrected chi connectivity index (χ2v) is 10.1. The highest BCUT2D eigenvalue weighted by Crippen LogP contribution is 2.46. The molecule has 0 radical (unpaired) electrons. The highest BCUT2D eigenvalue weighted by atomic mass is 32.2. The third-order valence-electron chi connectivity index (χ3n) is 7.33. The zero-order valence-electron chi connectivity index (χ0n) is 18.3. The molecule has 7 heteroatoms. The molecule has 1 saturated carbocycles. The number of hydrogen-bond acceptors (Lipinski definition) is 6. The first-order chi connectivity index (χ1) is 15.0. The molecule has 1 aliphatic carbocycles. The molecule has 2 aromatic heterocycles. The molecule has 3 heterocycles. The number of rotatable bonds is 4. The maximum absolute atomic E-state index is 10.1. The van der Waals surface area contributed by atoms with Gasteiger partial charge < -0.3 is 20.3 Å². The van der Waals surface area contributed by atoms with E-state index >= 15 is 0 Å². The highest BCUT2D eigenvalue weighted by Gasteiger charge is 2.43. The number of nitrogens with zero attached hydrogens (tertiary/aromatic N) is 4. The van der Waals surface area contributed by atoms with E-state index < -0.39 is 0 Å². The van der Waals surface area contributed by atoms with Crippen LogP contribution in [0.5, 0.6) is 0 Å². The summed E-state index contributed by atoms with van der Waals surface area (Å²) in [6, 6.07) is 8.78. The van der Waals surface area contributed by atoms with Crippen molar-refractivity contribution < 1.29 is 5.11 Å². The summed E-state index contributed by atoms with van der Waals surface area (Å²) in [5.41, 5.74) is 9.52. The molecule has 3 aromatic rings. The molecule has 0 unspecified atom stereocenters. The fourth-order valence-electron chi connectivity index (χ4n) is 5.44. The molecule has 1 saturated heterocycles. The molecular weight excluding hydrogens is 406 g/mol. The standard InChI is InChI=1S/C24H31N5OS/c1-16-23(31-19-6-3-5-17-8-12-28(2)21(17)19)27-18(15-30)22(26-16)29-13-10-24(11-14-29)9-4-7-20(24)25/h3,5-6,8,12,20,30H,4,7,9-11,13-15,25H2,1-2H3/t20-/m1/s1. The number of aryl methyl sites for hydroxylation is 2. The van der Waals surface area contributed by atoms with Crippen LogP contribution in [0.25, 0.3) is 10.9 Å². The fourth-order valence-corrected chi connectivity index (χ4v) is 6.50. The van der Waals surface area contributed by atoms with Crippen molar-refractivity contribution >= 4 is 28.5 Å². The maximum Gasteiger partial charge on any atom is 0.153 e. The molecule has 2 aliphatic rings. The van der Waals surface area contributed by atoms with Crippen molar-refractivity contribution in [2.75, 3.05) is 18.0 Å². The van der Waals surface area contributed by atoms with E-state index in [4.69, 9.17) is 15.7 Å². The Balaban J connectivity index is 1.41. The van der Waals surface area contributed by atoms with E-state index in [-0.39, 0.29) is 6.61 Å². The first-order valence-corrected chi connectivity index (χ1v) is 12.0. The number of aliphatic hydroxyl groups is 1. The Morgan fingerprint density at radius 2 is 2.00 bits per heavy atom. The molecular formula is C24H31N5OS. The molecule has 164 valence electrons. The van der Waals surface area contributed by atoms with Crippen LogP contribution in [0.3, 0.4) is 0 Å². The van der Waals surface area contributed by atoms with Gasteiger partial charge in [-0.2, -0.15) is 0 Å². The summed E-state index contributed by atoms with van der Waals surface area (Å²) in [4.78, 5) is 13.2. The van der Waals surface area contributed by atoms with Gasteiger partial charge in [0.05, 0.1) is 17.8 Å². The molecule has 31 heavy (non-hydrogen) atoms. The predicted octanol–water partition coefficient (Wildman–Crippen LogP) is 4.02. The number of benzene rings is 1. The van der Waals surface area contributed by atoms with Gasteiger partial charge in [0.25, 0.3) is 0 Å². The quantitative estimate of drug-likeness (QED) is 0.642. The van der Waals surface area contributed by atoms with Crippen LogP contribution in [-0.2, 0) is 13.7 Å². The molecule has 0 amide bonds. The van der Waals surface area contributed by atoms with Crippen molar-refractivity contribution in [2.45, 2.75) is 61.6 Å². The lowest BCUT2D eigenvalue weighted by Crippen LogP contribution is -2.47. The number of para-hydroxylation sites is 1. The second-order valence-electron chi connectivity index (χ2n) is 9.11. The predicted molar refractivity (Wildman–Crippen MR) is 125 cm³/mol. The van der Waals surface area contributed by atoms with Gasteiger partial charge in [-0.25, -0.2) is 9.97 Å². The topological polar surface area (TPSA) is 80.2 Å². The Bertz CT molecular complexity index is 1100. The molecule has 3 N–H and O–H groups in total. The highest BCUT2D eigenvalue weighted by molar-refractivity contribution is 7.99. The summed E-state index contributed by atoms with van der Waals surface area (Å²) in [6.07, 6.45) is 7.94. The summed E-state index contributed by atoms with van der Waals surface area (Å²) in [5, 5.41) is 12.2. The van der Waals surface area contributed by atoms with E-state index in [0.717, 1.165) is 53.8 Å². The molecule has 2 fully saturated rings. The zero-order chi connectivity index (χ0) is 21.6. The van der Waals surface area contributed by atoms with Gasteiger partial charge in [0.1, 0.15) is 10.7 Å². The summed E-state index contributed by atoms with van der Waals surface area (Å²) in [7, 11) is 2.06. The number of anilines is 1. The molecule has 1 aliphatic heterocycles. The molecule has 5 rings (SSSR count). The minimum Gasteiger partial charge on any atom is -0.390 e. The van der Waals surface area contributed by atoms with Gasteiger partial charge in [-0.1, -0.05) is 30.3 Å². The number of aliphatic hydroxyl groups excluding tert-OH is 1. The van der Waals surface area contributed by atoms with Crippen LogP contribution in [-0.4, -0.2) is 38.8 Å². The summed E-state index contributed by atoms with van der Waals surface area (Å²) in [5.74, 6) is 0.836. The monoisotopic (exact) mass is 437 g/mol. The van der Waals surface area contributed by atoms with E-state index in [0.29, 0.717) is 17.2 Å². The minimum absolute atomic E-state index is 0.105. The van der Waals surface area contributed by atoms with Crippen molar-refractivity contribution in [1.82, 2.24) is 14.5 Å². The van der Waals surface area contributed by atoms with Crippen molar-refractivity contribution in [3.8, 4) is 0 Å². The fraction of sp³-hybridized carbons (Fsp3) is 0.500. The molecule has 0 bridgehead atoms. The number of nitrogens with two attached hydrogens (primary N) is 1. The van der Waals surface area contributed by atoms with Crippen molar-refractivity contribution in [3.05, 3.63) is 41.9 Å². The third kappa shape index (κ3) is 3.62. The van der Waals surface area contributed by atoms with E-state index in [2.05, 4.69) is 47.0 Å². The van der Waals surface area contributed by atoms with Gasteiger partial charge in [0, 0.05) is 42.7 Å². The lowest BCUT2D eigenvalue weighted by molar-refractivity contribution is 0.196. The molecule has 1 spiro atoms. The van der Waals surface area contributed by atoms with Crippen molar-refractivity contribution in [2.24, 2.45) is 18.2 Å². The Morgan fingerprint density at radius 1 is 1.19 bits per heavy atom. The maximum atomic E-state index is 10.1. The van der Waals surface area contributed by atoms with Gasteiger partial charge in [-0.05, 0) is 50.2 Å². The average molecular weight is 438 g/mol. The van der Waals surface area contributed by atoms with Crippen LogP contribution in [0, 0.1) is 12.3 Å². The molecule has 1 atom stereocenters. The summed E-state index contributed by atoms with van der Waals surface area (Å²) >= 11 is 1.62. The van der Waals surface area contributed by atoms with Gasteiger partial charge in [-0.15, -0.1) is 0 Å². The van der Waals surface area contributed by atoms with Crippen molar-refractivity contribution in [3.63, 3.8) is 0 Å².